The molecule has 2 N–H and O–H groups in total. The van der Waals surface area contributed by atoms with Crippen LogP contribution in [0.2, 0.25) is 0 Å². The lowest BCUT2D eigenvalue weighted by Crippen LogP contribution is -2.39. The summed E-state index contributed by atoms with van der Waals surface area (Å²) >= 11 is 1.83. The van der Waals surface area contributed by atoms with Crippen molar-refractivity contribution in [1.82, 2.24) is 20.8 Å². The smallest absolute Gasteiger partial charge is 0.232 e. The molecule has 0 saturated carbocycles. The summed E-state index contributed by atoms with van der Waals surface area (Å²) in [6.07, 6.45) is 0. The van der Waals surface area contributed by atoms with Crippen LogP contribution in [0.25, 0.3) is 0 Å². The molecule has 136 valence electrons. The highest BCUT2D eigenvalue weighted by atomic mass is 32.2. The van der Waals surface area contributed by atoms with E-state index in [1.807, 2.05) is 38.6 Å². The van der Waals surface area contributed by atoms with Crippen molar-refractivity contribution in [3.05, 3.63) is 42.0 Å². The molecule has 1 aromatic carbocycles. The van der Waals surface area contributed by atoms with Gasteiger partial charge in [-0.1, -0.05) is 51.1 Å². The molecule has 0 amide bonds. The quantitative estimate of drug-likeness (QED) is 0.467. The maximum atomic E-state index is 5.29. The molecule has 0 aliphatic carbocycles. The summed E-state index contributed by atoms with van der Waals surface area (Å²) in [6, 6.07) is 10.4. The third-order valence-corrected chi connectivity index (χ3v) is 4.50. The van der Waals surface area contributed by atoms with E-state index in [1.165, 1.54) is 4.90 Å². The van der Waals surface area contributed by atoms with Gasteiger partial charge in [0.25, 0.3) is 0 Å². The Labute approximate surface area is 153 Å². The molecule has 1 aromatic heterocycles. The standard InChI is InChI=1S/C18H27N5OS/c1-13(25-14-9-7-6-8-10-14)11-20-17(19-5)21-12-15-22-16(24-23-15)18(2,3)4/h6-10,13H,11-12H2,1-5H3,(H2,19,20,21). The fourth-order valence-electron chi connectivity index (χ4n) is 2.03. The van der Waals surface area contributed by atoms with E-state index in [-0.39, 0.29) is 5.41 Å². The van der Waals surface area contributed by atoms with E-state index in [0.29, 0.717) is 23.5 Å². The Morgan fingerprint density at radius 3 is 2.56 bits per heavy atom. The van der Waals surface area contributed by atoms with Gasteiger partial charge in [-0.15, -0.1) is 11.8 Å². The summed E-state index contributed by atoms with van der Waals surface area (Å²) in [6.45, 7) is 9.60. The van der Waals surface area contributed by atoms with E-state index in [1.54, 1.807) is 7.05 Å². The van der Waals surface area contributed by atoms with Crippen LogP contribution in [0.1, 0.15) is 39.4 Å². The summed E-state index contributed by atoms with van der Waals surface area (Å²) in [5, 5.41) is 11.0. The van der Waals surface area contributed by atoms with Crippen LogP contribution in [0.4, 0.5) is 0 Å². The average Bonchev–Trinajstić information content (AvgIpc) is 3.05. The van der Waals surface area contributed by atoms with Crippen molar-refractivity contribution in [2.45, 2.75) is 49.8 Å². The average molecular weight is 362 g/mol. The van der Waals surface area contributed by atoms with Crippen LogP contribution < -0.4 is 10.6 Å². The number of thioether (sulfide) groups is 1. The van der Waals surface area contributed by atoms with E-state index in [4.69, 9.17) is 4.52 Å². The van der Waals surface area contributed by atoms with Gasteiger partial charge in [0, 0.05) is 29.2 Å². The van der Waals surface area contributed by atoms with Gasteiger partial charge in [0.2, 0.25) is 5.89 Å². The van der Waals surface area contributed by atoms with E-state index < -0.39 is 0 Å². The molecule has 25 heavy (non-hydrogen) atoms. The SMILES string of the molecule is CN=C(NCc1noc(C(C)(C)C)n1)NCC(C)Sc1ccccc1. The minimum absolute atomic E-state index is 0.144. The highest BCUT2D eigenvalue weighted by Gasteiger charge is 2.21. The Balaban J connectivity index is 1.78. The lowest BCUT2D eigenvalue weighted by atomic mass is 9.97. The maximum absolute atomic E-state index is 5.29. The minimum atomic E-state index is -0.144. The Morgan fingerprint density at radius 2 is 1.96 bits per heavy atom. The van der Waals surface area contributed by atoms with E-state index in [0.717, 1.165) is 12.5 Å². The maximum Gasteiger partial charge on any atom is 0.232 e. The number of hydrogen-bond acceptors (Lipinski definition) is 5. The van der Waals surface area contributed by atoms with Crippen molar-refractivity contribution in [3.8, 4) is 0 Å². The van der Waals surface area contributed by atoms with Crippen molar-refractivity contribution in [2.24, 2.45) is 4.99 Å². The van der Waals surface area contributed by atoms with Gasteiger partial charge in [0.1, 0.15) is 0 Å². The molecule has 0 fully saturated rings. The van der Waals surface area contributed by atoms with Crippen molar-refractivity contribution in [3.63, 3.8) is 0 Å². The molecule has 2 rings (SSSR count). The fraction of sp³-hybridized carbons (Fsp3) is 0.500. The molecule has 7 heteroatoms. The Hall–Kier alpha value is -2.02. The third kappa shape index (κ3) is 6.42. The predicted octanol–water partition coefficient (Wildman–Crippen LogP) is 3.21. The first-order valence-corrected chi connectivity index (χ1v) is 9.25. The molecule has 2 aromatic rings. The molecule has 1 heterocycles. The third-order valence-electron chi connectivity index (χ3n) is 3.38. The summed E-state index contributed by atoms with van der Waals surface area (Å²) in [5.74, 6) is 1.99. The molecule has 6 nitrogen and oxygen atoms in total. The van der Waals surface area contributed by atoms with Gasteiger partial charge in [-0.05, 0) is 12.1 Å². The number of nitrogens with one attached hydrogen (secondary N) is 2. The predicted molar refractivity (Wildman–Crippen MR) is 103 cm³/mol. The van der Waals surface area contributed by atoms with E-state index >= 15 is 0 Å². The second-order valence-corrected chi connectivity index (χ2v) is 8.33. The zero-order valence-corrected chi connectivity index (χ0v) is 16.4. The molecule has 1 atom stereocenters. The normalized spacial score (nSPS) is 13.6. The minimum Gasteiger partial charge on any atom is -0.355 e. The number of benzene rings is 1. The molecule has 1 unspecified atom stereocenters. The van der Waals surface area contributed by atoms with Crippen LogP contribution >= 0.6 is 11.8 Å². The first-order chi connectivity index (χ1) is 11.9. The molecule has 0 bridgehead atoms. The monoisotopic (exact) mass is 361 g/mol. The Kier molecular flexibility index (Phi) is 6.87. The van der Waals surface area contributed by atoms with Crippen LogP contribution in [-0.4, -0.2) is 34.9 Å². The van der Waals surface area contributed by atoms with Crippen molar-refractivity contribution in [2.75, 3.05) is 13.6 Å². The summed E-state index contributed by atoms with van der Waals surface area (Å²) < 4.78 is 5.29. The largest absolute Gasteiger partial charge is 0.355 e. The lowest BCUT2D eigenvalue weighted by molar-refractivity contribution is 0.318. The van der Waals surface area contributed by atoms with Gasteiger partial charge in [0.15, 0.2) is 11.8 Å². The molecule has 0 spiro atoms. The van der Waals surface area contributed by atoms with Crippen LogP contribution in [0.15, 0.2) is 44.7 Å². The van der Waals surface area contributed by atoms with Crippen LogP contribution in [0.3, 0.4) is 0 Å². The second-order valence-electron chi connectivity index (χ2n) is 6.81. The fourth-order valence-corrected chi connectivity index (χ4v) is 2.97. The molecular formula is C18H27N5OS. The van der Waals surface area contributed by atoms with Crippen molar-refractivity contribution >= 4 is 17.7 Å². The molecule has 0 radical (unpaired) electrons. The van der Waals surface area contributed by atoms with Crippen LogP contribution in [0.5, 0.6) is 0 Å². The van der Waals surface area contributed by atoms with Gasteiger partial charge in [0.05, 0.1) is 6.54 Å². The zero-order chi connectivity index (χ0) is 18.3. The Morgan fingerprint density at radius 1 is 1.24 bits per heavy atom. The number of aliphatic imine (C=N–C) groups is 1. The van der Waals surface area contributed by atoms with Crippen molar-refractivity contribution in [1.29, 1.82) is 0 Å². The van der Waals surface area contributed by atoms with Gasteiger partial charge < -0.3 is 15.2 Å². The first kappa shape index (κ1) is 19.3. The highest BCUT2D eigenvalue weighted by molar-refractivity contribution is 8.00. The van der Waals surface area contributed by atoms with Crippen LogP contribution in [0, 0.1) is 0 Å². The van der Waals surface area contributed by atoms with Gasteiger partial charge in [-0.2, -0.15) is 4.98 Å². The van der Waals surface area contributed by atoms with Crippen molar-refractivity contribution < 1.29 is 4.52 Å². The van der Waals surface area contributed by atoms with E-state index in [9.17, 15) is 0 Å². The molecule has 0 aliphatic rings. The summed E-state index contributed by atoms with van der Waals surface area (Å²) in [5.41, 5.74) is -0.144. The van der Waals surface area contributed by atoms with E-state index in [2.05, 4.69) is 57.0 Å². The summed E-state index contributed by atoms with van der Waals surface area (Å²) in [4.78, 5) is 9.91. The number of rotatable bonds is 6. The second kappa shape index (κ2) is 8.89. The Bertz CT molecular complexity index is 678. The number of guanidine groups is 1. The molecule has 0 saturated heterocycles. The first-order valence-electron chi connectivity index (χ1n) is 8.38. The number of hydrogen-bond donors (Lipinski definition) is 2. The molecular weight excluding hydrogens is 334 g/mol. The van der Waals surface area contributed by atoms with Gasteiger partial charge >= 0.3 is 0 Å². The lowest BCUT2D eigenvalue weighted by Gasteiger charge is -2.15. The summed E-state index contributed by atoms with van der Waals surface area (Å²) in [7, 11) is 1.75. The number of aromatic nitrogens is 2. The van der Waals surface area contributed by atoms with Gasteiger partial charge in [-0.3, -0.25) is 4.99 Å². The van der Waals surface area contributed by atoms with Gasteiger partial charge in [-0.25, -0.2) is 0 Å². The topological polar surface area (TPSA) is 75.3 Å². The highest BCUT2D eigenvalue weighted by Crippen LogP contribution is 2.22. The molecule has 0 aliphatic heterocycles. The zero-order valence-electron chi connectivity index (χ0n) is 15.5. The van der Waals surface area contributed by atoms with Crippen LogP contribution in [-0.2, 0) is 12.0 Å². The number of nitrogens with zero attached hydrogens (tertiary/aromatic N) is 3.